The first kappa shape index (κ1) is 14.5. The number of anilines is 1. The number of carbonyl (C=O) groups is 1. The van der Waals surface area contributed by atoms with Crippen LogP contribution in [0.25, 0.3) is 11.5 Å². The maximum atomic E-state index is 12.7. The number of nitrogens with zero attached hydrogens (tertiary/aromatic N) is 3. The Balaban J connectivity index is 2.18. The average Bonchev–Trinajstić information content (AvgIpc) is 3.04. The van der Waals surface area contributed by atoms with Crippen LogP contribution in [-0.4, -0.2) is 40.3 Å². The Labute approximate surface area is 129 Å². The van der Waals surface area contributed by atoms with Crippen LogP contribution in [0.3, 0.4) is 0 Å². The van der Waals surface area contributed by atoms with Crippen LogP contribution in [-0.2, 0) is 16.1 Å². The summed E-state index contributed by atoms with van der Waals surface area (Å²) in [6, 6.07) is -0.0151. The highest BCUT2D eigenvalue weighted by atomic mass is 32.1. The molecule has 0 unspecified atom stereocenters. The van der Waals surface area contributed by atoms with Crippen molar-refractivity contribution in [1.82, 2.24) is 14.5 Å². The Bertz CT molecular complexity index is 756. The molecule has 9 heteroatoms. The van der Waals surface area contributed by atoms with Crippen molar-refractivity contribution in [3.63, 3.8) is 0 Å². The summed E-state index contributed by atoms with van der Waals surface area (Å²) in [6.45, 7) is 2.07. The van der Waals surface area contributed by atoms with E-state index in [0.29, 0.717) is 12.3 Å². The molecule has 116 valence electrons. The summed E-state index contributed by atoms with van der Waals surface area (Å²) >= 11 is 1.37. The van der Waals surface area contributed by atoms with Crippen LogP contribution in [0.2, 0.25) is 0 Å². The van der Waals surface area contributed by atoms with Crippen LogP contribution in [0.1, 0.15) is 6.92 Å². The minimum atomic E-state index is -0.537. The van der Waals surface area contributed by atoms with Crippen molar-refractivity contribution < 1.29 is 14.3 Å². The van der Waals surface area contributed by atoms with Crippen molar-refractivity contribution >= 4 is 23.0 Å². The van der Waals surface area contributed by atoms with Gasteiger partial charge in [0.2, 0.25) is 5.88 Å². The van der Waals surface area contributed by atoms with E-state index in [9.17, 15) is 9.59 Å². The number of rotatable bonds is 3. The number of aromatic nitrogens is 3. The van der Waals surface area contributed by atoms with Crippen LogP contribution in [0.4, 0.5) is 5.69 Å². The molecule has 22 heavy (non-hydrogen) atoms. The van der Waals surface area contributed by atoms with E-state index in [4.69, 9.17) is 4.74 Å². The van der Waals surface area contributed by atoms with E-state index in [0.717, 1.165) is 0 Å². The van der Waals surface area contributed by atoms with Gasteiger partial charge in [-0.1, -0.05) is 0 Å². The minimum absolute atomic E-state index is 0.0151. The van der Waals surface area contributed by atoms with Crippen molar-refractivity contribution in [2.45, 2.75) is 19.5 Å². The predicted molar refractivity (Wildman–Crippen MR) is 80.2 cm³/mol. The van der Waals surface area contributed by atoms with Gasteiger partial charge in [-0.05, 0) is 6.92 Å². The Hall–Kier alpha value is -2.42. The Morgan fingerprint density at radius 1 is 1.64 bits per heavy atom. The van der Waals surface area contributed by atoms with Crippen LogP contribution in [0.5, 0.6) is 5.88 Å². The van der Waals surface area contributed by atoms with E-state index in [1.165, 1.54) is 23.0 Å². The van der Waals surface area contributed by atoms with E-state index in [1.54, 1.807) is 10.9 Å². The lowest BCUT2D eigenvalue weighted by molar-refractivity contribution is -0.141. The first-order chi connectivity index (χ1) is 10.6. The number of thiazole rings is 1. The lowest BCUT2D eigenvalue weighted by Crippen LogP contribution is -2.37. The van der Waals surface area contributed by atoms with E-state index < -0.39 is 5.97 Å². The zero-order valence-electron chi connectivity index (χ0n) is 12.0. The zero-order valence-corrected chi connectivity index (χ0v) is 12.8. The monoisotopic (exact) mass is 322 g/mol. The first-order valence-electron chi connectivity index (χ1n) is 6.59. The van der Waals surface area contributed by atoms with E-state index in [2.05, 4.69) is 20.0 Å². The number of methoxy groups -OCH3 is 1. The largest absolute Gasteiger partial charge is 0.474 e. The van der Waals surface area contributed by atoms with Gasteiger partial charge in [0.05, 0.1) is 18.7 Å². The number of ether oxygens (including phenoxy) is 2. The molecule has 2 aromatic rings. The molecule has 3 rings (SSSR count). The van der Waals surface area contributed by atoms with Crippen molar-refractivity contribution in [2.75, 3.05) is 19.0 Å². The van der Waals surface area contributed by atoms with E-state index in [1.807, 2.05) is 6.92 Å². The maximum absolute atomic E-state index is 12.7. The van der Waals surface area contributed by atoms with Gasteiger partial charge in [-0.25, -0.2) is 4.98 Å². The summed E-state index contributed by atoms with van der Waals surface area (Å²) in [5.74, 6) is -0.0240. The molecule has 0 radical (unpaired) electrons. The van der Waals surface area contributed by atoms with Crippen molar-refractivity contribution in [3.05, 3.63) is 21.2 Å². The summed E-state index contributed by atoms with van der Waals surface area (Å²) in [6.07, 6.45) is 0. The van der Waals surface area contributed by atoms with Crippen molar-refractivity contribution in [2.24, 2.45) is 0 Å². The second-order valence-corrected chi connectivity index (χ2v) is 5.53. The number of fused-ring (bicyclic) bond motifs is 1. The molecular weight excluding hydrogens is 308 g/mol. The highest BCUT2D eigenvalue weighted by molar-refractivity contribution is 7.07. The van der Waals surface area contributed by atoms with Gasteiger partial charge in [0.1, 0.15) is 18.8 Å². The molecule has 8 nitrogen and oxygen atoms in total. The lowest BCUT2D eigenvalue weighted by atomic mass is 10.3. The number of hydrogen-bond acceptors (Lipinski definition) is 8. The van der Waals surface area contributed by atoms with Crippen LogP contribution in [0.15, 0.2) is 15.7 Å². The molecule has 0 saturated carbocycles. The summed E-state index contributed by atoms with van der Waals surface area (Å²) in [5, 5.41) is 4.79. The fourth-order valence-corrected chi connectivity index (χ4v) is 2.64. The third kappa shape index (κ3) is 2.54. The Morgan fingerprint density at radius 3 is 3.14 bits per heavy atom. The van der Waals surface area contributed by atoms with Gasteiger partial charge in [0.15, 0.2) is 11.5 Å². The normalized spacial score (nSPS) is 16.4. The van der Waals surface area contributed by atoms with Gasteiger partial charge in [-0.3, -0.25) is 14.2 Å². The summed E-state index contributed by atoms with van der Waals surface area (Å²) in [5.41, 5.74) is 2.01. The van der Waals surface area contributed by atoms with Gasteiger partial charge in [-0.2, -0.15) is 4.98 Å². The Morgan fingerprint density at radius 2 is 2.45 bits per heavy atom. The lowest BCUT2D eigenvalue weighted by Gasteiger charge is -2.24. The highest BCUT2D eigenvalue weighted by Gasteiger charge is 2.25. The topological polar surface area (TPSA) is 95.3 Å². The number of hydrogen-bond donors (Lipinski definition) is 1. The molecule has 0 saturated heterocycles. The quantitative estimate of drug-likeness (QED) is 0.832. The SMILES string of the molecule is COC(=O)Cn1c(-c2cscn2)nc2c(c1=O)N[C@H](C)CO2. The molecule has 0 spiro atoms. The number of nitrogens with one attached hydrogen (secondary N) is 1. The van der Waals surface area contributed by atoms with Gasteiger partial charge < -0.3 is 14.8 Å². The predicted octanol–water partition coefficient (Wildman–Crippen LogP) is 0.733. The average molecular weight is 322 g/mol. The molecule has 1 N–H and O–H groups in total. The second-order valence-electron chi connectivity index (χ2n) is 4.81. The van der Waals surface area contributed by atoms with Gasteiger partial charge in [0.25, 0.3) is 5.56 Å². The minimum Gasteiger partial charge on any atom is -0.474 e. The highest BCUT2D eigenvalue weighted by Crippen LogP contribution is 2.26. The van der Waals surface area contributed by atoms with Crippen LogP contribution >= 0.6 is 11.3 Å². The van der Waals surface area contributed by atoms with Crippen molar-refractivity contribution in [3.8, 4) is 17.4 Å². The van der Waals surface area contributed by atoms with Crippen LogP contribution < -0.4 is 15.6 Å². The molecule has 1 aliphatic heterocycles. The molecule has 2 aromatic heterocycles. The smallest absolute Gasteiger partial charge is 0.325 e. The summed E-state index contributed by atoms with van der Waals surface area (Å²) in [4.78, 5) is 32.8. The molecule has 0 amide bonds. The zero-order chi connectivity index (χ0) is 15.7. The van der Waals surface area contributed by atoms with Gasteiger partial charge in [0, 0.05) is 5.38 Å². The summed E-state index contributed by atoms with van der Waals surface area (Å²) in [7, 11) is 1.27. The van der Waals surface area contributed by atoms with E-state index >= 15 is 0 Å². The Kier molecular flexibility index (Phi) is 3.80. The molecule has 0 bridgehead atoms. The molecule has 0 aliphatic carbocycles. The molecule has 3 heterocycles. The first-order valence-corrected chi connectivity index (χ1v) is 7.54. The fraction of sp³-hybridized carbons (Fsp3) is 0.385. The van der Waals surface area contributed by atoms with Crippen LogP contribution in [0, 0.1) is 0 Å². The molecule has 1 atom stereocenters. The number of esters is 1. The number of carbonyl (C=O) groups excluding carboxylic acids is 1. The molecular formula is C13H14N4O4S. The summed E-state index contributed by atoms with van der Waals surface area (Å²) < 4.78 is 11.4. The third-order valence-corrected chi connectivity index (χ3v) is 3.76. The standard InChI is InChI=1S/C13H14N4O4S/c1-7-4-21-12-10(15-7)13(19)17(3-9(18)20-2)11(16-12)8-5-22-6-14-8/h5-7,15H,3-4H2,1-2H3/t7-/m1/s1. The van der Waals surface area contributed by atoms with E-state index in [-0.39, 0.29) is 35.5 Å². The van der Waals surface area contributed by atoms with Gasteiger partial charge in [-0.15, -0.1) is 11.3 Å². The van der Waals surface area contributed by atoms with Crippen molar-refractivity contribution in [1.29, 1.82) is 0 Å². The molecule has 1 aliphatic rings. The second kappa shape index (κ2) is 5.76. The third-order valence-electron chi connectivity index (χ3n) is 3.17. The fourth-order valence-electron chi connectivity index (χ4n) is 2.11. The maximum Gasteiger partial charge on any atom is 0.325 e. The van der Waals surface area contributed by atoms with Gasteiger partial charge >= 0.3 is 5.97 Å². The molecule has 0 fully saturated rings. The molecule has 0 aromatic carbocycles.